The molecule has 1 aromatic rings. The van der Waals surface area contributed by atoms with Gasteiger partial charge in [0.25, 0.3) is 0 Å². The minimum absolute atomic E-state index is 0.718. The lowest BCUT2D eigenvalue weighted by Gasteiger charge is -2.14. The summed E-state index contributed by atoms with van der Waals surface area (Å²) in [5, 5.41) is 7.80. The molecule has 4 nitrogen and oxygen atoms in total. The third kappa shape index (κ3) is 3.55. The van der Waals surface area contributed by atoms with Crippen LogP contribution in [0, 0.1) is 9.87 Å². The number of hydrogen-bond acceptors (Lipinski definition) is 5. The third-order valence-electron chi connectivity index (χ3n) is 2.37. The number of hydrogen-bond donors (Lipinski definition) is 1. The fraction of sp³-hybridized carbons (Fsp3) is 0.778. The van der Waals surface area contributed by atoms with Crippen molar-refractivity contribution in [1.29, 1.82) is 0 Å². The van der Waals surface area contributed by atoms with Crippen molar-refractivity contribution < 1.29 is 4.74 Å². The highest BCUT2D eigenvalue weighted by Gasteiger charge is 2.21. The van der Waals surface area contributed by atoms with Crippen LogP contribution in [0.25, 0.3) is 0 Å². The Balaban J connectivity index is 1.67. The topological polar surface area (TPSA) is 41.1 Å². The molecule has 1 aliphatic carbocycles. The van der Waals surface area contributed by atoms with Crippen LogP contribution in [0.15, 0.2) is 0 Å². The summed E-state index contributed by atoms with van der Waals surface area (Å²) in [5.74, 6) is 0.836. The fourth-order valence-corrected chi connectivity index (χ4v) is 2.08. The second-order valence-electron chi connectivity index (χ2n) is 3.84. The molecule has 0 unspecified atom stereocenters. The van der Waals surface area contributed by atoms with Gasteiger partial charge < -0.3 is 9.64 Å². The Morgan fingerprint density at radius 2 is 2.47 bits per heavy atom. The van der Waals surface area contributed by atoms with E-state index in [4.69, 9.17) is 17.0 Å². The Bertz CT molecular complexity index is 358. The van der Waals surface area contributed by atoms with E-state index in [-0.39, 0.29) is 0 Å². The van der Waals surface area contributed by atoms with Crippen LogP contribution in [0.1, 0.15) is 12.8 Å². The van der Waals surface area contributed by atoms with E-state index in [0.717, 1.165) is 34.8 Å². The molecule has 0 atom stereocenters. The first-order valence-electron chi connectivity index (χ1n) is 5.10. The van der Waals surface area contributed by atoms with Gasteiger partial charge in [0.2, 0.25) is 5.13 Å². The molecule has 0 bridgehead atoms. The van der Waals surface area contributed by atoms with Gasteiger partial charge in [-0.05, 0) is 31.0 Å². The van der Waals surface area contributed by atoms with Crippen molar-refractivity contribution in [3.05, 3.63) is 3.95 Å². The smallest absolute Gasteiger partial charge is 0.206 e. The maximum Gasteiger partial charge on any atom is 0.206 e. The molecule has 0 aromatic carbocycles. The van der Waals surface area contributed by atoms with E-state index in [9.17, 15) is 0 Å². The largest absolute Gasteiger partial charge is 0.379 e. The van der Waals surface area contributed by atoms with Crippen molar-refractivity contribution in [2.75, 3.05) is 31.7 Å². The van der Waals surface area contributed by atoms with Crippen LogP contribution in [0.5, 0.6) is 0 Å². The highest BCUT2D eigenvalue weighted by molar-refractivity contribution is 7.73. The maximum atomic E-state index is 5.56. The van der Waals surface area contributed by atoms with E-state index in [1.165, 1.54) is 24.2 Å². The Hall–Kier alpha value is -0.460. The number of ether oxygens (including phenoxy) is 1. The molecule has 0 saturated heterocycles. The zero-order chi connectivity index (χ0) is 10.7. The fourth-order valence-electron chi connectivity index (χ4n) is 1.22. The second kappa shape index (κ2) is 5.05. The van der Waals surface area contributed by atoms with Crippen LogP contribution < -0.4 is 4.90 Å². The van der Waals surface area contributed by atoms with E-state index in [1.807, 2.05) is 7.05 Å². The molecule has 0 radical (unpaired) electrons. The summed E-state index contributed by atoms with van der Waals surface area (Å²) >= 11 is 6.46. The molecule has 2 rings (SSSR count). The lowest BCUT2D eigenvalue weighted by atomic mass is 10.5. The average Bonchev–Trinajstić information content (AvgIpc) is 2.94. The molecule has 1 N–H and O–H groups in total. The van der Waals surface area contributed by atoms with E-state index in [0.29, 0.717) is 0 Å². The van der Waals surface area contributed by atoms with Crippen molar-refractivity contribution in [1.82, 2.24) is 10.2 Å². The first-order chi connectivity index (χ1) is 7.25. The van der Waals surface area contributed by atoms with Crippen molar-refractivity contribution in [3.8, 4) is 0 Å². The van der Waals surface area contributed by atoms with Crippen LogP contribution in [-0.2, 0) is 4.74 Å². The van der Waals surface area contributed by atoms with Gasteiger partial charge in [0, 0.05) is 20.2 Å². The van der Waals surface area contributed by atoms with Gasteiger partial charge in [-0.1, -0.05) is 11.3 Å². The first kappa shape index (κ1) is 11.0. The van der Waals surface area contributed by atoms with Crippen LogP contribution >= 0.6 is 23.6 Å². The average molecular weight is 245 g/mol. The minimum Gasteiger partial charge on any atom is -0.379 e. The number of anilines is 1. The molecule has 0 amide bonds. The summed E-state index contributed by atoms with van der Waals surface area (Å²) in [7, 11) is 2.00. The van der Waals surface area contributed by atoms with Crippen LogP contribution in [-0.4, -0.2) is 37.0 Å². The van der Waals surface area contributed by atoms with Crippen molar-refractivity contribution in [3.63, 3.8) is 0 Å². The lowest BCUT2D eigenvalue weighted by Crippen LogP contribution is -2.22. The summed E-state index contributed by atoms with van der Waals surface area (Å²) in [6.07, 6.45) is 2.69. The molecular weight excluding hydrogens is 230 g/mol. The highest BCUT2D eigenvalue weighted by Crippen LogP contribution is 2.28. The zero-order valence-electron chi connectivity index (χ0n) is 8.73. The molecular formula is C9H15N3OS2. The predicted octanol–water partition coefficient (Wildman–Crippen LogP) is 2.06. The van der Waals surface area contributed by atoms with Gasteiger partial charge in [-0.25, -0.2) is 0 Å². The quantitative estimate of drug-likeness (QED) is 0.615. The van der Waals surface area contributed by atoms with Gasteiger partial charge in [0.15, 0.2) is 3.95 Å². The monoisotopic (exact) mass is 245 g/mol. The number of H-pyrrole nitrogens is 1. The number of likely N-dealkylation sites (N-methyl/N-ethyl adjacent to an activating group) is 1. The Morgan fingerprint density at radius 1 is 1.67 bits per heavy atom. The van der Waals surface area contributed by atoms with E-state index in [1.54, 1.807) is 0 Å². The van der Waals surface area contributed by atoms with Crippen LogP contribution in [0.2, 0.25) is 0 Å². The van der Waals surface area contributed by atoms with Gasteiger partial charge in [0.05, 0.1) is 6.61 Å². The number of aromatic nitrogens is 2. The highest BCUT2D eigenvalue weighted by atomic mass is 32.1. The molecule has 1 aliphatic rings. The number of aromatic amines is 1. The summed E-state index contributed by atoms with van der Waals surface area (Å²) in [6.45, 7) is 2.55. The molecule has 1 fully saturated rings. The van der Waals surface area contributed by atoms with E-state index >= 15 is 0 Å². The standard InChI is InChI=1S/C9H15N3OS2/c1-12(8-10-11-9(14)15-8)4-5-13-6-7-2-3-7/h7H,2-6H2,1H3,(H,11,14). The molecule has 6 heteroatoms. The van der Waals surface area contributed by atoms with Gasteiger partial charge in [-0.2, -0.15) is 0 Å². The van der Waals surface area contributed by atoms with Gasteiger partial charge in [0.1, 0.15) is 0 Å². The van der Waals surface area contributed by atoms with Crippen molar-refractivity contribution in [2.45, 2.75) is 12.8 Å². The number of rotatable bonds is 6. The normalized spacial score (nSPS) is 15.5. The molecule has 1 heterocycles. The van der Waals surface area contributed by atoms with Gasteiger partial charge in [-0.3, -0.25) is 5.10 Å². The Labute approximate surface area is 98.3 Å². The van der Waals surface area contributed by atoms with Crippen LogP contribution in [0.4, 0.5) is 5.13 Å². The predicted molar refractivity (Wildman–Crippen MR) is 64.1 cm³/mol. The Kier molecular flexibility index (Phi) is 3.71. The van der Waals surface area contributed by atoms with E-state index < -0.39 is 0 Å². The first-order valence-corrected chi connectivity index (χ1v) is 6.32. The lowest BCUT2D eigenvalue weighted by molar-refractivity contribution is 0.131. The third-order valence-corrected chi connectivity index (χ3v) is 3.58. The second-order valence-corrected chi connectivity index (χ2v) is 5.48. The molecule has 84 valence electrons. The molecule has 1 aromatic heterocycles. The molecule has 0 aliphatic heterocycles. The summed E-state index contributed by atoms with van der Waals surface area (Å²) in [5.41, 5.74) is 0. The van der Waals surface area contributed by atoms with E-state index in [2.05, 4.69) is 15.1 Å². The van der Waals surface area contributed by atoms with Crippen LogP contribution in [0.3, 0.4) is 0 Å². The van der Waals surface area contributed by atoms with Crippen molar-refractivity contribution in [2.24, 2.45) is 5.92 Å². The zero-order valence-corrected chi connectivity index (χ0v) is 10.4. The maximum absolute atomic E-state index is 5.56. The van der Waals surface area contributed by atoms with Gasteiger partial charge >= 0.3 is 0 Å². The summed E-state index contributed by atoms with van der Waals surface area (Å²) < 4.78 is 6.27. The minimum atomic E-state index is 0.718. The number of nitrogens with one attached hydrogen (secondary N) is 1. The Morgan fingerprint density at radius 3 is 3.07 bits per heavy atom. The van der Waals surface area contributed by atoms with Crippen molar-refractivity contribution >= 4 is 28.7 Å². The summed E-state index contributed by atoms with van der Waals surface area (Å²) in [4.78, 5) is 2.06. The number of nitrogens with zero attached hydrogens (tertiary/aromatic N) is 2. The summed E-state index contributed by atoms with van der Waals surface area (Å²) in [6, 6.07) is 0. The molecule has 1 saturated carbocycles. The SMILES string of the molecule is CN(CCOCC1CC1)c1n[nH]c(=S)s1. The molecule has 15 heavy (non-hydrogen) atoms. The molecule has 0 spiro atoms. The van der Waals surface area contributed by atoms with Gasteiger partial charge in [-0.15, -0.1) is 5.10 Å².